The Morgan fingerprint density at radius 2 is 1.48 bits per heavy atom. The molecule has 3 amide bonds. The van der Waals surface area contributed by atoms with E-state index in [0.717, 1.165) is 0 Å². The van der Waals surface area contributed by atoms with E-state index in [2.05, 4.69) is 16.0 Å². The van der Waals surface area contributed by atoms with Gasteiger partial charge in [-0.2, -0.15) is 0 Å². The van der Waals surface area contributed by atoms with Gasteiger partial charge in [0.05, 0.1) is 13.2 Å². The molecule has 0 rings (SSSR count). The quantitative estimate of drug-likeness (QED) is 0.394. The molecule has 0 radical (unpaired) electrons. The van der Waals surface area contributed by atoms with Gasteiger partial charge >= 0.3 is 12.2 Å². The molecule has 1 atom stereocenters. The number of carbonyl (C=O) groups excluding carboxylic acids is 3. The van der Waals surface area contributed by atoms with Gasteiger partial charge in [0.2, 0.25) is 5.91 Å². The summed E-state index contributed by atoms with van der Waals surface area (Å²) in [6, 6.07) is -0.700. The summed E-state index contributed by atoms with van der Waals surface area (Å²) in [4.78, 5) is 34.7. The van der Waals surface area contributed by atoms with Gasteiger partial charge in [-0.3, -0.25) is 4.79 Å². The molecule has 0 heterocycles. The lowest BCUT2D eigenvalue weighted by atomic mass is 10.1. The Morgan fingerprint density at radius 3 is 2.04 bits per heavy atom. The number of unbranched alkanes of at least 4 members (excludes halogenated alkanes) is 1. The highest BCUT2D eigenvalue weighted by molar-refractivity contribution is 5.85. The third-order valence-corrected chi connectivity index (χ3v) is 3.09. The molecule has 0 aliphatic carbocycles. The van der Waals surface area contributed by atoms with Crippen LogP contribution in [0.5, 0.6) is 0 Å². The van der Waals surface area contributed by atoms with Gasteiger partial charge in [-0.05, 0) is 19.3 Å². The number of nitrogens with one attached hydrogen (secondary N) is 3. The first-order valence-corrected chi connectivity index (χ1v) is 8.08. The maximum Gasteiger partial charge on any atom is 0.407 e. The van der Waals surface area contributed by atoms with Crippen LogP contribution in [-0.2, 0) is 23.7 Å². The Labute approximate surface area is 147 Å². The highest BCUT2D eigenvalue weighted by Crippen LogP contribution is 2.02. The van der Waals surface area contributed by atoms with Crippen LogP contribution in [0.4, 0.5) is 9.59 Å². The summed E-state index contributed by atoms with van der Waals surface area (Å²) in [5.41, 5.74) is 0. The first-order chi connectivity index (χ1) is 12.0. The van der Waals surface area contributed by atoms with Gasteiger partial charge in [0.1, 0.15) is 19.3 Å². The summed E-state index contributed by atoms with van der Waals surface area (Å²) in [5, 5.41) is 7.59. The molecule has 0 aliphatic rings. The van der Waals surface area contributed by atoms with Crippen molar-refractivity contribution in [3.63, 3.8) is 0 Å². The summed E-state index contributed by atoms with van der Waals surface area (Å²) in [6.45, 7) is 1.33. The van der Waals surface area contributed by atoms with Gasteiger partial charge in [0.25, 0.3) is 0 Å². The highest BCUT2D eigenvalue weighted by atomic mass is 16.6. The minimum Gasteiger partial charge on any atom is -0.447 e. The molecule has 10 nitrogen and oxygen atoms in total. The van der Waals surface area contributed by atoms with Crippen LogP contribution in [0.15, 0.2) is 0 Å². The number of ether oxygens (including phenoxy) is 4. The topological polar surface area (TPSA) is 124 Å². The summed E-state index contributed by atoms with van der Waals surface area (Å²) in [5.74, 6) is -0.310. The van der Waals surface area contributed by atoms with Crippen LogP contribution in [0, 0.1) is 0 Å². The van der Waals surface area contributed by atoms with E-state index in [9.17, 15) is 14.4 Å². The van der Waals surface area contributed by atoms with Crippen molar-refractivity contribution in [3.05, 3.63) is 0 Å². The van der Waals surface area contributed by atoms with Crippen LogP contribution >= 0.6 is 0 Å². The fourth-order valence-corrected chi connectivity index (χ4v) is 1.78. The summed E-state index contributed by atoms with van der Waals surface area (Å²) in [6.07, 6.45) is 0.479. The predicted molar refractivity (Wildman–Crippen MR) is 89.3 cm³/mol. The molecule has 0 saturated carbocycles. The Kier molecular flexibility index (Phi) is 14.2. The van der Waals surface area contributed by atoms with E-state index in [1.54, 1.807) is 0 Å². The number of carbonyl (C=O) groups is 3. The van der Waals surface area contributed by atoms with Crippen molar-refractivity contribution < 1.29 is 33.3 Å². The Hall–Kier alpha value is -2.07. The highest BCUT2D eigenvalue weighted by Gasteiger charge is 2.19. The molecule has 0 aliphatic heterocycles. The second-order valence-corrected chi connectivity index (χ2v) is 4.99. The van der Waals surface area contributed by atoms with Crippen molar-refractivity contribution in [2.24, 2.45) is 0 Å². The molecule has 25 heavy (non-hydrogen) atoms. The molecular formula is C15H29N3O7. The lowest BCUT2D eigenvalue weighted by Crippen LogP contribution is -2.46. The third kappa shape index (κ3) is 13.0. The molecule has 0 aromatic rings. The predicted octanol–water partition coefficient (Wildman–Crippen LogP) is 0.0165. The maximum absolute atomic E-state index is 11.8. The van der Waals surface area contributed by atoms with E-state index in [4.69, 9.17) is 18.9 Å². The number of rotatable bonds is 13. The molecule has 0 bridgehead atoms. The summed E-state index contributed by atoms with van der Waals surface area (Å²) >= 11 is 0. The van der Waals surface area contributed by atoms with Crippen LogP contribution < -0.4 is 16.0 Å². The van der Waals surface area contributed by atoms with Gasteiger partial charge in [-0.25, -0.2) is 9.59 Å². The zero-order chi connectivity index (χ0) is 18.9. The van der Waals surface area contributed by atoms with Gasteiger partial charge in [0.15, 0.2) is 0 Å². The number of hydrogen-bond acceptors (Lipinski definition) is 7. The van der Waals surface area contributed by atoms with Crippen molar-refractivity contribution in [1.29, 1.82) is 0 Å². The van der Waals surface area contributed by atoms with E-state index in [0.29, 0.717) is 32.4 Å². The van der Waals surface area contributed by atoms with Crippen LogP contribution in [0.3, 0.4) is 0 Å². The molecule has 10 heteroatoms. The number of amides is 3. The standard InChI is InChI=1S/C15H29N3O7/c1-16-13(19)12(18-15(21)25-11-9-23-3)6-4-5-7-17-14(20)24-10-8-22-2/h12H,4-11H2,1-3H3,(H,16,19)(H,17,20)(H,18,21). The second kappa shape index (κ2) is 15.5. The first kappa shape index (κ1) is 22.9. The molecule has 0 saturated heterocycles. The second-order valence-electron chi connectivity index (χ2n) is 4.99. The third-order valence-electron chi connectivity index (χ3n) is 3.09. The van der Waals surface area contributed by atoms with Crippen molar-refractivity contribution in [2.45, 2.75) is 25.3 Å². The van der Waals surface area contributed by atoms with Crippen molar-refractivity contribution in [3.8, 4) is 0 Å². The molecule has 0 aromatic heterocycles. The van der Waals surface area contributed by atoms with E-state index in [1.807, 2.05) is 0 Å². The van der Waals surface area contributed by atoms with Crippen molar-refractivity contribution >= 4 is 18.1 Å². The van der Waals surface area contributed by atoms with Gasteiger partial charge < -0.3 is 34.9 Å². The van der Waals surface area contributed by atoms with E-state index in [1.165, 1.54) is 21.3 Å². The number of methoxy groups -OCH3 is 2. The number of hydrogen-bond donors (Lipinski definition) is 3. The molecule has 0 spiro atoms. The Morgan fingerprint density at radius 1 is 0.880 bits per heavy atom. The summed E-state index contributed by atoms with van der Waals surface area (Å²) in [7, 11) is 4.51. The molecular weight excluding hydrogens is 334 g/mol. The zero-order valence-corrected chi connectivity index (χ0v) is 15.1. The molecule has 0 aromatic carbocycles. The maximum atomic E-state index is 11.8. The van der Waals surface area contributed by atoms with Crippen LogP contribution in [0.1, 0.15) is 19.3 Å². The Bertz CT molecular complexity index is 393. The molecule has 0 fully saturated rings. The van der Waals surface area contributed by atoms with Crippen LogP contribution in [0.25, 0.3) is 0 Å². The number of alkyl carbamates (subject to hydrolysis) is 2. The SMILES string of the molecule is CNC(=O)C(CCCCNC(=O)OCCOC)NC(=O)OCCOC. The largest absolute Gasteiger partial charge is 0.447 e. The zero-order valence-electron chi connectivity index (χ0n) is 15.1. The molecule has 146 valence electrons. The van der Waals surface area contributed by atoms with Gasteiger partial charge in [-0.1, -0.05) is 0 Å². The first-order valence-electron chi connectivity index (χ1n) is 8.08. The smallest absolute Gasteiger partial charge is 0.407 e. The normalized spacial score (nSPS) is 11.3. The van der Waals surface area contributed by atoms with E-state index in [-0.39, 0.29) is 25.7 Å². The average Bonchev–Trinajstić information content (AvgIpc) is 2.60. The average molecular weight is 363 g/mol. The fraction of sp³-hybridized carbons (Fsp3) is 0.800. The van der Waals surface area contributed by atoms with E-state index < -0.39 is 18.2 Å². The van der Waals surface area contributed by atoms with Crippen molar-refractivity contribution in [1.82, 2.24) is 16.0 Å². The molecule has 1 unspecified atom stereocenters. The van der Waals surface area contributed by atoms with Gasteiger partial charge in [0, 0.05) is 27.8 Å². The lowest BCUT2D eigenvalue weighted by Gasteiger charge is -2.17. The lowest BCUT2D eigenvalue weighted by molar-refractivity contribution is -0.122. The molecule has 3 N–H and O–H groups in total. The summed E-state index contributed by atoms with van der Waals surface area (Å²) < 4.78 is 19.3. The minimum atomic E-state index is -0.700. The van der Waals surface area contributed by atoms with E-state index >= 15 is 0 Å². The van der Waals surface area contributed by atoms with Gasteiger partial charge in [-0.15, -0.1) is 0 Å². The number of likely N-dealkylation sites (N-methyl/N-ethyl adjacent to an activating group) is 1. The van der Waals surface area contributed by atoms with Crippen LogP contribution in [-0.4, -0.2) is 78.4 Å². The minimum absolute atomic E-state index is 0.109. The van der Waals surface area contributed by atoms with Crippen molar-refractivity contribution in [2.75, 3.05) is 54.2 Å². The monoisotopic (exact) mass is 363 g/mol. The fourth-order valence-electron chi connectivity index (χ4n) is 1.78. The Balaban J connectivity index is 3.98. The van der Waals surface area contributed by atoms with Crippen LogP contribution in [0.2, 0.25) is 0 Å².